The van der Waals surface area contributed by atoms with Gasteiger partial charge in [-0.1, -0.05) is 0 Å². The van der Waals surface area contributed by atoms with Crippen molar-refractivity contribution in [3.8, 4) is 0 Å². The maximum Gasteiger partial charge on any atom is 0.338 e. The van der Waals surface area contributed by atoms with E-state index in [-0.39, 0.29) is 17.4 Å². The Morgan fingerprint density at radius 1 is 1.21 bits per heavy atom. The minimum atomic E-state index is -0.966. The van der Waals surface area contributed by atoms with Crippen molar-refractivity contribution in [2.24, 2.45) is 17.8 Å². The zero-order chi connectivity index (χ0) is 13.7. The van der Waals surface area contributed by atoms with E-state index in [0.717, 1.165) is 35.1 Å². The molecule has 2 atom stereocenters. The van der Waals surface area contributed by atoms with Crippen LogP contribution >= 0.6 is 11.3 Å². The van der Waals surface area contributed by atoms with Gasteiger partial charge in [0.15, 0.2) is 0 Å². The Hall–Kier alpha value is -1.36. The molecule has 1 aromatic rings. The van der Waals surface area contributed by atoms with Crippen molar-refractivity contribution in [1.29, 1.82) is 0 Å². The van der Waals surface area contributed by atoms with Crippen LogP contribution in [-0.4, -0.2) is 17.0 Å². The highest BCUT2D eigenvalue weighted by atomic mass is 32.1. The van der Waals surface area contributed by atoms with Crippen LogP contribution < -0.4 is 5.32 Å². The van der Waals surface area contributed by atoms with E-state index in [9.17, 15) is 14.7 Å². The number of hydrogen-bond donors (Lipinski definition) is 2. The van der Waals surface area contributed by atoms with Gasteiger partial charge in [-0.2, -0.15) is 0 Å². The Kier molecular flexibility index (Phi) is 2.89. The van der Waals surface area contributed by atoms with Crippen LogP contribution in [0.2, 0.25) is 0 Å². The summed E-state index contributed by atoms with van der Waals surface area (Å²) in [4.78, 5) is 24.4. The zero-order valence-corrected chi connectivity index (χ0v) is 11.8. The minimum Gasteiger partial charge on any atom is -0.478 e. The Balaban J connectivity index is 1.77. The lowest BCUT2D eigenvalue weighted by Gasteiger charge is -2.11. The van der Waals surface area contributed by atoms with E-state index < -0.39 is 5.97 Å². The second kappa shape index (κ2) is 4.34. The molecule has 3 rings (SSSR count). The van der Waals surface area contributed by atoms with Crippen molar-refractivity contribution in [3.63, 3.8) is 0 Å². The van der Waals surface area contributed by atoms with Crippen LogP contribution in [0.5, 0.6) is 0 Å². The lowest BCUT2D eigenvalue weighted by molar-refractivity contribution is -0.119. The average Bonchev–Trinajstić information content (AvgIpc) is 2.83. The monoisotopic (exact) mass is 279 g/mol. The first-order valence-corrected chi connectivity index (χ1v) is 7.43. The van der Waals surface area contributed by atoms with Gasteiger partial charge in [0.25, 0.3) is 0 Å². The number of carboxylic acid groups (broad SMARTS) is 1. The number of amides is 1. The summed E-state index contributed by atoms with van der Waals surface area (Å²) >= 11 is 1.36. The largest absolute Gasteiger partial charge is 0.478 e. The van der Waals surface area contributed by atoms with Crippen LogP contribution in [0.1, 0.15) is 40.1 Å². The fraction of sp³-hybridized carbons (Fsp3) is 0.571. The van der Waals surface area contributed by atoms with Gasteiger partial charge in [-0.15, -0.1) is 11.3 Å². The molecule has 0 aromatic carbocycles. The number of carboxylic acids is 1. The maximum absolute atomic E-state index is 12.2. The van der Waals surface area contributed by atoms with Crippen molar-refractivity contribution < 1.29 is 14.7 Å². The molecule has 0 radical (unpaired) electrons. The number of hydrogen-bond acceptors (Lipinski definition) is 3. The number of anilines is 1. The molecular weight excluding hydrogens is 262 g/mol. The molecule has 1 heterocycles. The summed E-state index contributed by atoms with van der Waals surface area (Å²) in [6, 6.07) is 0. The van der Waals surface area contributed by atoms with E-state index in [2.05, 4.69) is 5.32 Å². The Morgan fingerprint density at radius 3 is 2.42 bits per heavy atom. The third kappa shape index (κ3) is 2.16. The topological polar surface area (TPSA) is 66.4 Å². The van der Waals surface area contributed by atoms with E-state index in [0.29, 0.717) is 5.00 Å². The standard InChI is InChI=1S/C14H17NO3S/c1-6-7(2)19-13(11(6)14(17)18)15-12(16)10-4-8-3-9(8)5-10/h8-10H,3-5H2,1-2H3,(H,15,16)(H,17,18). The predicted octanol–water partition coefficient (Wildman–Crippen LogP) is 3.05. The van der Waals surface area contributed by atoms with Crippen molar-refractivity contribution in [1.82, 2.24) is 0 Å². The highest BCUT2D eigenvalue weighted by Crippen LogP contribution is 2.54. The molecule has 2 fully saturated rings. The molecule has 2 N–H and O–H groups in total. The van der Waals surface area contributed by atoms with Crippen molar-refractivity contribution in [3.05, 3.63) is 16.0 Å². The van der Waals surface area contributed by atoms with Crippen LogP contribution in [0.15, 0.2) is 0 Å². The molecule has 0 spiro atoms. The number of aromatic carboxylic acids is 1. The number of carbonyl (C=O) groups excluding carboxylic acids is 1. The summed E-state index contributed by atoms with van der Waals surface area (Å²) in [7, 11) is 0. The zero-order valence-electron chi connectivity index (χ0n) is 11.0. The highest BCUT2D eigenvalue weighted by molar-refractivity contribution is 7.16. The Labute approximate surface area is 115 Å². The SMILES string of the molecule is Cc1sc(NC(=O)C2CC3CC3C2)c(C(=O)O)c1C. The fourth-order valence-corrected chi connectivity index (χ4v) is 4.17. The van der Waals surface area contributed by atoms with Gasteiger partial charge >= 0.3 is 5.97 Å². The van der Waals surface area contributed by atoms with Gasteiger partial charge in [0.1, 0.15) is 5.00 Å². The molecule has 0 saturated heterocycles. The van der Waals surface area contributed by atoms with Gasteiger partial charge in [-0.25, -0.2) is 4.79 Å². The van der Waals surface area contributed by atoms with E-state index in [1.165, 1.54) is 17.8 Å². The fourth-order valence-electron chi connectivity index (χ4n) is 3.12. The number of thiophene rings is 1. The van der Waals surface area contributed by atoms with Crippen LogP contribution in [-0.2, 0) is 4.79 Å². The van der Waals surface area contributed by atoms with Crippen molar-refractivity contribution >= 4 is 28.2 Å². The molecule has 2 aliphatic carbocycles. The summed E-state index contributed by atoms with van der Waals surface area (Å²) in [5.74, 6) is 0.610. The van der Waals surface area contributed by atoms with Crippen LogP contribution in [0.3, 0.4) is 0 Å². The van der Waals surface area contributed by atoms with E-state index in [1.807, 2.05) is 6.92 Å². The smallest absolute Gasteiger partial charge is 0.338 e. The molecule has 2 unspecified atom stereocenters. The minimum absolute atomic E-state index is 0.00375. The molecule has 1 amide bonds. The third-order valence-corrected chi connectivity index (χ3v) is 5.57. The molecule has 2 saturated carbocycles. The molecule has 0 aliphatic heterocycles. The first kappa shape index (κ1) is 12.7. The number of fused-ring (bicyclic) bond motifs is 1. The van der Waals surface area contributed by atoms with Crippen LogP contribution in [0, 0.1) is 31.6 Å². The molecule has 102 valence electrons. The van der Waals surface area contributed by atoms with Gasteiger partial charge < -0.3 is 10.4 Å². The quantitative estimate of drug-likeness (QED) is 0.893. The molecular formula is C14H17NO3S. The van der Waals surface area contributed by atoms with E-state index in [1.54, 1.807) is 6.92 Å². The summed E-state index contributed by atoms with van der Waals surface area (Å²) in [6.07, 6.45) is 3.23. The lowest BCUT2D eigenvalue weighted by atomic mass is 10.0. The van der Waals surface area contributed by atoms with E-state index >= 15 is 0 Å². The van der Waals surface area contributed by atoms with Gasteiger partial charge in [-0.05, 0) is 50.5 Å². The average molecular weight is 279 g/mol. The van der Waals surface area contributed by atoms with Crippen molar-refractivity contribution in [2.45, 2.75) is 33.1 Å². The summed E-state index contributed by atoms with van der Waals surface area (Å²) in [5, 5.41) is 12.6. The number of aryl methyl sites for hydroxylation is 1. The molecule has 0 bridgehead atoms. The maximum atomic E-state index is 12.2. The summed E-state index contributed by atoms with van der Waals surface area (Å²) < 4.78 is 0. The molecule has 1 aromatic heterocycles. The van der Waals surface area contributed by atoms with Crippen molar-refractivity contribution in [2.75, 3.05) is 5.32 Å². The molecule has 19 heavy (non-hydrogen) atoms. The second-order valence-electron chi connectivity index (χ2n) is 5.71. The predicted molar refractivity (Wildman–Crippen MR) is 73.7 cm³/mol. The van der Waals surface area contributed by atoms with Crippen LogP contribution in [0.4, 0.5) is 5.00 Å². The Morgan fingerprint density at radius 2 is 1.84 bits per heavy atom. The number of carbonyl (C=O) groups is 2. The second-order valence-corrected chi connectivity index (χ2v) is 6.93. The number of nitrogens with one attached hydrogen (secondary N) is 1. The van der Waals surface area contributed by atoms with Gasteiger partial charge in [-0.3, -0.25) is 4.79 Å². The van der Waals surface area contributed by atoms with Crippen LogP contribution in [0.25, 0.3) is 0 Å². The number of rotatable bonds is 3. The summed E-state index contributed by atoms with van der Waals surface area (Å²) in [6.45, 7) is 3.67. The van der Waals surface area contributed by atoms with E-state index in [4.69, 9.17) is 0 Å². The first-order valence-electron chi connectivity index (χ1n) is 6.61. The molecule has 2 aliphatic rings. The third-order valence-electron chi connectivity index (χ3n) is 4.45. The lowest BCUT2D eigenvalue weighted by Crippen LogP contribution is -2.22. The van der Waals surface area contributed by atoms with Gasteiger partial charge in [0, 0.05) is 10.8 Å². The highest BCUT2D eigenvalue weighted by Gasteiger charge is 2.48. The molecule has 5 heteroatoms. The Bertz CT molecular complexity index is 553. The molecule has 4 nitrogen and oxygen atoms in total. The first-order chi connectivity index (χ1) is 8.97. The normalized spacial score (nSPS) is 28.0. The summed E-state index contributed by atoms with van der Waals surface area (Å²) in [5.41, 5.74) is 1.00. The van der Waals surface area contributed by atoms with Gasteiger partial charge in [0.2, 0.25) is 5.91 Å². The van der Waals surface area contributed by atoms with Gasteiger partial charge in [0.05, 0.1) is 5.56 Å².